The van der Waals surface area contributed by atoms with Crippen molar-refractivity contribution in [3.8, 4) is 0 Å². The Hall–Kier alpha value is -1.87. The van der Waals surface area contributed by atoms with Crippen molar-refractivity contribution < 1.29 is 21.6 Å². The van der Waals surface area contributed by atoms with Gasteiger partial charge < -0.3 is 0 Å². The molecule has 1 aromatic carbocycles. The van der Waals surface area contributed by atoms with Crippen molar-refractivity contribution in [2.75, 3.05) is 4.72 Å². The fourth-order valence-corrected chi connectivity index (χ4v) is 2.72. The molecule has 0 saturated heterocycles. The number of hydrogen-bond acceptors (Lipinski definition) is 4. The summed E-state index contributed by atoms with van der Waals surface area (Å²) >= 11 is 5.63. The Morgan fingerprint density at radius 1 is 1.14 bits per heavy atom. The molecule has 10 heteroatoms. The van der Waals surface area contributed by atoms with Gasteiger partial charge in [0.25, 0.3) is 10.0 Å². The first kappa shape index (κ1) is 15.5. The molecule has 0 fully saturated rings. The molecule has 0 aliphatic carbocycles. The van der Waals surface area contributed by atoms with Crippen molar-refractivity contribution in [1.82, 2.24) is 9.97 Å². The molecule has 0 saturated carbocycles. The zero-order valence-corrected chi connectivity index (χ0v) is 11.9. The van der Waals surface area contributed by atoms with Gasteiger partial charge in [-0.1, -0.05) is 11.6 Å². The SMILES string of the molecule is Cc1cc(Cl)nc(NS(=O)(=O)c2ccc(F)c(F)c2F)n1. The highest BCUT2D eigenvalue weighted by Crippen LogP contribution is 2.21. The molecule has 0 radical (unpaired) electrons. The number of nitrogens with one attached hydrogen (secondary N) is 1. The number of rotatable bonds is 3. The van der Waals surface area contributed by atoms with Crippen LogP contribution in [0.25, 0.3) is 0 Å². The summed E-state index contributed by atoms with van der Waals surface area (Å²) in [7, 11) is -4.53. The first-order valence-corrected chi connectivity index (χ1v) is 7.24. The van der Waals surface area contributed by atoms with Crippen LogP contribution in [0, 0.1) is 24.4 Å². The Labute approximate surface area is 122 Å². The molecule has 0 bridgehead atoms. The molecule has 0 aliphatic heterocycles. The van der Waals surface area contributed by atoms with Gasteiger partial charge in [-0.3, -0.25) is 0 Å². The monoisotopic (exact) mass is 337 g/mol. The van der Waals surface area contributed by atoms with Gasteiger partial charge in [0.1, 0.15) is 10.0 Å². The fraction of sp³-hybridized carbons (Fsp3) is 0.0909. The van der Waals surface area contributed by atoms with E-state index in [9.17, 15) is 21.6 Å². The van der Waals surface area contributed by atoms with Crippen molar-refractivity contribution in [1.29, 1.82) is 0 Å². The summed E-state index contributed by atoms with van der Waals surface area (Å²) < 4.78 is 65.2. The summed E-state index contributed by atoms with van der Waals surface area (Å²) in [5.74, 6) is -5.63. The van der Waals surface area contributed by atoms with Crippen LogP contribution in [0.2, 0.25) is 5.15 Å². The highest BCUT2D eigenvalue weighted by molar-refractivity contribution is 7.92. The second kappa shape index (κ2) is 5.49. The van der Waals surface area contributed by atoms with Crippen LogP contribution >= 0.6 is 11.6 Å². The van der Waals surface area contributed by atoms with Crippen LogP contribution < -0.4 is 4.72 Å². The minimum absolute atomic E-state index is 0.0361. The molecule has 21 heavy (non-hydrogen) atoms. The lowest BCUT2D eigenvalue weighted by Gasteiger charge is -2.08. The highest BCUT2D eigenvalue weighted by Gasteiger charge is 2.25. The Kier molecular flexibility index (Phi) is 4.06. The maximum Gasteiger partial charge on any atom is 0.267 e. The van der Waals surface area contributed by atoms with Gasteiger partial charge in [-0.25, -0.2) is 36.3 Å². The summed E-state index contributed by atoms with van der Waals surface area (Å²) in [5.41, 5.74) is 0.360. The molecule has 0 atom stereocenters. The van der Waals surface area contributed by atoms with Gasteiger partial charge in [0.15, 0.2) is 17.5 Å². The topological polar surface area (TPSA) is 72.0 Å². The highest BCUT2D eigenvalue weighted by atomic mass is 35.5. The number of nitrogens with zero attached hydrogens (tertiary/aromatic N) is 2. The van der Waals surface area contributed by atoms with Crippen molar-refractivity contribution in [2.45, 2.75) is 11.8 Å². The van der Waals surface area contributed by atoms with E-state index in [1.54, 1.807) is 0 Å². The van der Waals surface area contributed by atoms with Gasteiger partial charge in [0, 0.05) is 5.69 Å². The minimum Gasteiger partial charge on any atom is -0.247 e. The van der Waals surface area contributed by atoms with Gasteiger partial charge in [-0.2, -0.15) is 0 Å². The van der Waals surface area contributed by atoms with Crippen molar-refractivity contribution in [2.24, 2.45) is 0 Å². The standard InChI is InChI=1S/C11H7ClF3N3O2S/c1-5-4-8(12)17-11(16-5)18-21(19,20)7-3-2-6(13)9(14)10(7)15/h2-4H,1H3,(H,16,17,18). The Balaban J connectivity index is 2.46. The van der Waals surface area contributed by atoms with Gasteiger partial charge in [-0.15, -0.1) is 0 Å². The van der Waals surface area contributed by atoms with Crippen LogP contribution in [0.4, 0.5) is 19.1 Å². The third kappa shape index (κ3) is 3.24. The van der Waals surface area contributed by atoms with Crippen molar-refractivity contribution in [3.05, 3.63) is 46.5 Å². The average Bonchev–Trinajstić information content (AvgIpc) is 2.33. The van der Waals surface area contributed by atoms with E-state index in [0.29, 0.717) is 17.8 Å². The van der Waals surface area contributed by atoms with Crippen LogP contribution in [0.15, 0.2) is 23.1 Å². The maximum atomic E-state index is 13.5. The smallest absolute Gasteiger partial charge is 0.247 e. The van der Waals surface area contributed by atoms with Crippen LogP contribution in [0.3, 0.4) is 0 Å². The number of benzene rings is 1. The molecule has 0 unspecified atom stereocenters. The summed E-state index contributed by atoms with van der Waals surface area (Å²) in [6, 6.07) is 2.46. The van der Waals surface area contributed by atoms with E-state index in [1.807, 2.05) is 4.72 Å². The van der Waals surface area contributed by atoms with Crippen molar-refractivity contribution >= 4 is 27.6 Å². The molecule has 2 aromatic rings. The second-order valence-corrected chi connectivity index (χ2v) is 5.97. The van der Waals surface area contributed by atoms with Crippen LogP contribution in [0.5, 0.6) is 0 Å². The lowest BCUT2D eigenvalue weighted by Crippen LogP contribution is -2.17. The van der Waals surface area contributed by atoms with E-state index in [0.717, 1.165) is 0 Å². The quantitative estimate of drug-likeness (QED) is 0.690. The number of halogens is 4. The lowest BCUT2D eigenvalue weighted by molar-refractivity contribution is 0.432. The van der Waals surface area contributed by atoms with E-state index in [1.165, 1.54) is 13.0 Å². The predicted octanol–water partition coefficient (Wildman–Crippen LogP) is 2.66. The molecule has 1 aromatic heterocycles. The number of aryl methyl sites for hydroxylation is 1. The zero-order chi connectivity index (χ0) is 15.8. The summed E-state index contributed by atoms with van der Waals surface area (Å²) in [4.78, 5) is 6.26. The predicted molar refractivity (Wildman–Crippen MR) is 68.9 cm³/mol. The first-order chi connectivity index (χ1) is 9.70. The molecule has 2 rings (SSSR count). The molecule has 1 heterocycles. The molecule has 0 aliphatic rings. The van der Waals surface area contributed by atoms with Gasteiger partial charge in [-0.05, 0) is 25.1 Å². The maximum absolute atomic E-state index is 13.5. The van der Waals surface area contributed by atoms with Crippen LogP contribution in [-0.4, -0.2) is 18.4 Å². The van der Waals surface area contributed by atoms with E-state index in [4.69, 9.17) is 11.6 Å². The number of anilines is 1. The lowest BCUT2D eigenvalue weighted by atomic mass is 10.3. The minimum atomic E-state index is -4.53. The summed E-state index contributed by atoms with van der Waals surface area (Å²) in [6.07, 6.45) is 0. The van der Waals surface area contributed by atoms with Gasteiger partial charge in [0.05, 0.1) is 0 Å². The molecule has 0 spiro atoms. The van der Waals surface area contributed by atoms with E-state index in [-0.39, 0.29) is 5.15 Å². The Morgan fingerprint density at radius 3 is 2.43 bits per heavy atom. The third-order valence-corrected chi connectivity index (χ3v) is 3.88. The second-order valence-electron chi connectivity index (χ2n) is 3.93. The number of aromatic nitrogens is 2. The van der Waals surface area contributed by atoms with Gasteiger partial charge in [0.2, 0.25) is 5.95 Å². The van der Waals surface area contributed by atoms with E-state index >= 15 is 0 Å². The van der Waals surface area contributed by atoms with Gasteiger partial charge >= 0.3 is 0 Å². The van der Waals surface area contributed by atoms with Crippen molar-refractivity contribution in [3.63, 3.8) is 0 Å². The number of hydrogen-bond donors (Lipinski definition) is 1. The molecule has 1 N–H and O–H groups in total. The first-order valence-electron chi connectivity index (χ1n) is 5.38. The summed E-state index contributed by atoms with van der Waals surface area (Å²) in [5, 5.41) is -0.0361. The Morgan fingerprint density at radius 2 is 1.81 bits per heavy atom. The fourth-order valence-electron chi connectivity index (χ4n) is 1.47. The molecular formula is C11H7ClF3N3O2S. The molecule has 112 valence electrons. The van der Waals surface area contributed by atoms with Crippen LogP contribution in [-0.2, 0) is 10.0 Å². The largest absolute Gasteiger partial charge is 0.267 e. The zero-order valence-electron chi connectivity index (χ0n) is 10.4. The molecular weight excluding hydrogens is 331 g/mol. The van der Waals surface area contributed by atoms with Crippen LogP contribution in [0.1, 0.15) is 5.69 Å². The average molecular weight is 338 g/mol. The summed E-state index contributed by atoms with van der Waals surface area (Å²) in [6.45, 7) is 1.53. The third-order valence-electron chi connectivity index (χ3n) is 2.34. The Bertz CT molecular complexity index is 794. The molecule has 5 nitrogen and oxygen atoms in total. The normalized spacial score (nSPS) is 11.5. The number of sulfonamides is 1. The van der Waals surface area contributed by atoms with E-state index in [2.05, 4.69) is 9.97 Å². The van der Waals surface area contributed by atoms with E-state index < -0.39 is 38.3 Å². The molecule has 0 amide bonds.